The van der Waals surface area contributed by atoms with E-state index < -0.39 is 10.4 Å². The molecule has 1 heterocycles. The van der Waals surface area contributed by atoms with Crippen LogP contribution in [-0.4, -0.2) is 25.0 Å². The summed E-state index contributed by atoms with van der Waals surface area (Å²) in [7, 11) is -1.69. The molecule has 0 aliphatic rings. The van der Waals surface area contributed by atoms with Crippen molar-refractivity contribution in [1.82, 2.24) is 0 Å². The maximum absolute atomic E-state index is 10.5. The lowest BCUT2D eigenvalue weighted by molar-refractivity contribution is -0.644. The van der Waals surface area contributed by atoms with Crippen molar-refractivity contribution in [2.24, 2.45) is 7.05 Å². The van der Waals surface area contributed by atoms with Crippen LogP contribution in [0.25, 0.3) is 10.9 Å². The van der Waals surface area contributed by atoms with Crippen LogP contribution in [0.15, 0.2) is 36.5 Å². The zero-order chi connectivity index (χ0) is 15.3. The van der Waals surface area contributed by atoms with Crippen LogP contribution in [0.2, 0.25) is 0 Å². The van der Waals surface area contributed by atoms with E-state index in [1.165, 1.54) is 6.07 Å². The third kappa shape index (κ3) is 4.53. The van der Waals surface area contributed by atoms with E-state index in [1.807, 2.05) is 29.9 Å². The highest BCUT2D eigenvalue weighted by atomic mass is 32.3. The highest BCUT2D eigenvalue weighted by molar-refractivity contribution is 7.80. The molecule has 0 saturated carbocycles. The molecule has 0 N–H and O–H groups in total. The van der Waals surface area contributed by atoms with Crippen LogP contribution in [0.4, 0.5) is 5.69 Å². The Labute approximate surface area is 115 Å². The minimum atomic E-state index is -4.41. The van der Waals surface area contributed by atoms with Gasteiger partial charge in [0.05, 0.1) is 17.4 Å². The Balaban J connectivity index is 0.000000286. The largest absolute Gasteiger partial charge is 0.726 e. The van der Waals surface area contributed by atoms with Crippen molar-refractivity contribution in [3.8, 4) is 0 Å². The lowest BCUT2D eigenvalue weighted by atomic mass is 10.2. The van der Waals surface area contributed by atoms with Crippen molar-refractivity contribution in [1.29, 1.82) is 0 Å². The average Bonchev–Trinajstić information content (AvgIpc) is 2.38. The normalized spacial score (nSPS) is 10.8. The van der Waals surface area contributed by atoms with Crippen molar-refractivity contribution < 1.29 is 26.6 Å². The summed E-state index contributed by atoms with van der Waals surface area (Å²) >= 11 is 0. The smallest absolute Gasteiger partial charge is 0.270 e. The lowest BCUT2D eigenvalue weighted by Crippen LogP contribution is -2.27. The summed E-state index contributed by atoms with van der Waals surface area (Å²) in [6, 6.07) is 8.58. The van der Waals surface area contributed by atoms with Gasteiger partial charge in [-0.15, -0.1) is 0 Å². The molecule has 9 heteroatoms. The molecule has 0 saturated heterocycles. The first-order chi connectivity index (χ1) is 9.24. The van der Waals surface area contributed by atoms with E-state index in [0.717, 1.165) is 18.0 Å². The summed E-state index contributed by atoms with van der Waals surface area (Å²) in [5.74, 6) is 0. The van der Waals surface area contributed by atoms with Crippen LogP contribution >= 0.6 is 0 Å². The van der Waals surface area contributed by atoms with E-state index in [-0.39, 0.29) is 10.6 Å². The molecular weight excluding hydrogens is 288 g/mol. The predicted molar refractivity (Wildman–Crippen MR) is 68.5 cm³/mol. The molecule has 0 unspecified atom stereocenters. The molecule has 0 aliphatic carbocycles. The summed E-state index contributed by atoms with van der Waals surface area (Å²) in [4.78, 5) is 10.1. The van der Waals surface area contributed by atoms with E-state index in [0.29, 0.717) is 0 Å². The second-order valence-electron chi connectivity index (χ2n) is 3.69. The maximum atomic E-state index is 10.5. The van der Waals surface area contributed by atoms with E-state index >= 15 is 0 Å². The zero-order valence-corrected chi connectivity index (χ0v) is 11.5. The predicted octanol–water partition coefficient (Wildman–Crippen LogP) is 0.666. The maximum Gasteiger partial charge on any atom is 0.270 e. The van der Waals surface area contributed by atoms with Crippen LogP contribution in [0.5, 0.6) is 0 Å². The minimum absolute atomic E-state index is 0.128. The van der Waals surface area contributed by atoms with Gasteiger partial charge in [0.2, 0.25) is 15.9 Å². The number of aryl methyl sites for hydroxylation is 1. The Bertz CT molecular complexity index is 729. The fourth-order valence-electron chi connectivity index (χ4n) is 1.47. The fourth-order valence-corrected chi connectivity index (χ4v) is 1.47. The molecule has 20 heavy (non-hydrogen) atoms. The Morgan fingerprint density at radius 3 is 2.40 bits per heavy atom. The van der Waals surface area contributed by atoms with Crippen molar-refractivity contribution in [2.75, 3.05) is 7.11 Å². The molecule has 2 aromatic rings. The van der Waals surface area contributed by atoms with E-state index in [4.69, 9.17) is 0 Å². The molecule has 0 aliphatic heterocycles. The van der Waals surface area contributed by atoms with Crippen molar-refractivity contribution in [3.05, 3.63) is 46.6 Å². The molecule has 108 valence electrons. The van der Waals surface area contributed by atoms with Crippen LogP contribution in [0.1, 0.15) is 0 Å². The molecule has 0 amide bonds. The van der Waals surface area contributed by atoms with Gasteiger partial charge in [0.25, 0.3) is 5.69 Å². The third-order valence-corrected chi connectivity index (χ3v) is 2.80. The molecule has 0 radical (unpaired) electrons. The summed E-state index contributed by atoms with van der Waals surface area (Å²) in [6.45, 7) is 0. The van der Waals surface area contributed by atoms with Gasteiger partial charge in [-0.25, -0.2) is 13.0 Å². The average molecular weight is 300 g/mol. The van der Waals surface area contributed by atoms with Gasteiger partial charge in [-0.2, -0.15) is 0 Å². The number of aromatic nitrogens is 1. The molecule has 0 spiro atoms. The number of non-ortho nitro benzene ring substituents is 1. The van der Waals surface area contributed by atoms with Crippen LogP contribution in [0, 0.1) is 10.1 Å². The standard InChI is InChI=1S/C10H9N2O2.CH4O4S/c1-11-6-2-3-8-7-9(12(13)14)4-5-10(8)11;1-5-6(2,3)4/h2-7H,1H3;1H3,(H,2,3,4)/q+1;/p-1. The third-order valence-electron chi connectivity index (χ3n) is 2.39. The Kier molecular flexibility index (Phi) is 5.08. The molecule has 1 aromatic heterocycles. The number of fused-ring (bicyclic) bond motifs is 1. The van der Waals surface area contributed by atoms with Crippen LogP contribution in [0.3, 0.4) is 0 Å². The fraction of sp³-hybridized carbons (Fsp3) is 0.182. The van der Waals surface area contributed by atoms with Gasteiger partial charge in [-0.3, -0.25) is 14.3 Å². The molecule has 2 rings (SSSR count). The molecular formula is C11H12N2O6S. The highest BCUT2D eigenvalue weighted by Gasteiger charge is 2.09. The van der Waals surface area contributed by atoms with Gasteiger partial charge >= 0.3 is 0 Å². The Morgan fingerprint density at radius 1 is 1.30 bits per heavy atom. The summed E-state index contributed by atoms with van der Waals surface area (Å²) < 4.78 is 33.0. The summed E-state index contributed by atoms with van der Waals surface area (Å²) in [5, 5.41) is 11.4. The molecule has 1 aromatic carbocycles. The van der Waals surface area contributed by atoms with E-state index in [1.54, 1.807) is 12.1 Å². The number of rotatable bonds is 2. The minimum Gasteiger partial charge on any atom is -0.726 e. The van der Waals surface area contributed by atoms with Crippen molar-refractivity contribution >= 4 is 27.0 Å². The molecule has 0 fully saturated rings. The summed E-state index contributed by atoms with van der Waals surface area (Å²) in [5.41, 5.74) is 1.11. The van der Waals surface area contributed by atoms with Gasteiger partial charge in [-0.1, -0.05) is 0 Å². The molecule has 0 bridgehead atoms. The summed E-state index contributed by atoms with van der Waals surface area (Å²) in [6.07, 6.45) is 1.91. The van der Waals surface area contributed by atoms with Gasteiger partial charge in [0, 0.05) is 24.3 Å². The zero-order valence-electron chi connectivity index (χ0n) is 10.7. The van der Waals surface area contributed by atoms with Gasteiger partial charge < -0.3 is 4.55 Å². The SMILES string of the molecule is COS(=O)(=O)[O-].C[n+]1cccc2cc([N+](=O)[O-])ccc21. The van der Waals surface area contributed by atoms with Crippen LogP contribution in [-0.2, 0) is 21.6 Å². The number of hydrogen-bond donors (Lipinski definition) is 0. The Morgan fingerprint density at radius 2 is 1.90 bits per heavy atom. The number of nitro benzene ring substituents is 1. The number of benzene rings is 1. The Hall–Kier alpha value is -2.10. The quantitative estimate of drug-likeness (QED) is 0.265. The highest BCUT2D eigenvalue weighted by Crippen LogP contribution is 2.17. The van der Waals surface area contributed by atoms with Crippen molar-refractivity contribution in [2.45, 2.75) is 0 Å². The van der Waals surface area contributed by atoms with Crippen molar-refractivity contribution in [3.63, 3.8) is 0 Å². The lowest BCUT2D eigenvalue weighted by Gasteiger charge is -1.98. The monoisotopic (exact) mass is 300 g/mol. The number of nitro groups is 1. The molecule has 0 atom stereocenters. The van der Waals surface area contributed by atoms with Gasteiger partial charge in [0.1, 0.15) is 7.05 Å². The first-order valence-corrected chi connectivity index (χ1v) is 6.62. The number of nitrogens with zero attached hydrogens (tertiary/aromatic N) is 2. The van der Waals surface area contributed by atoms with Gasteiger partial charge in [0.15, 0.2) is 6.20 Å². The number of hydrogen-bond acceptors (Lipinski definition) is 6. The number of pyridine rings is 1. The molecule has 8 nitrogen and oxygen atoms in total. The second kappa shape index (κ2) is 6.37. The van der Waals surface area contributed by atoms with Gasteiger partial charge in [-0.05, 0) is 6.07 Å². The second-order valence-corrected chi connectivity index (χ2v) is 4.84. The van der Waals surface area contributed by atoms with Crippen LogP contribution < -0.4 is 4.57 Å². The topological polar surface area (TPSA) is 113 Å². The first-order valence-electron chi connectivity index (χ1n) is 5.29. The van der Waals surface area contributed by atoms with E-state index in [2.05, 4.69) is 4.18 Å². The first kappa shape index (κ1) is 16.0. The van der Waals surface area contributed by atoms with E-state index in [9.17, 15) is 23.1 Å².